The summed E-state index contributed by atoms with van der Waals surface area (Å²) >= 11 is 0. The van der Waals surface area contributed by atoms with Crippen LogP contribution in [0.25, 0.3) is 0 Å². The number of methoxy groups -OCH3 is 1. The summed E-state index contributed by atoms with van der Waals surface area (Å²) < 4.78 is 11.5. The van der Waals surface area contributed by atoms with Gasteiger partial charge in [-0.1, -0.05) is 32.0 Å². The molecule has 3 rings (SSSR count). The summed E-state index contributed by atoms with van der Waals surface area (Å²) in [5.41, 5.74) is 1.82. The summed E-state index contributed by atoms with van der Waals surface area (Å²) in [6, 6.07) is 11.4. The van der Waals surface area contributed by atoms with Crippen molar-refractivity contribution in [1.29, 1.82) is 0 Å². The van der Waals surface area contributed by atoms with Gasteiger partial charge in [-0.3, -0.25) is 14.6 Å². The van der Waals surface area contributed by atoms with Crippen LogP contribution in [0, 0.1) is 5.92 Å². The van der Waals surface area contributed by atoms with E-state index in [4.69, 9.17) is 9.47 Å². The van der Waals surface area contributed by atoms with Crippen LogP contribution in [0.15, 0.2) is 48.8 Å². The zero-order valence-electron chi connectivity index (χ0n) is 18.5. The van der Waals surface area contributed by atoms with Gasteiger partial charge in [-0.05, 0) is 35.2 Å². The highest BCUT2D eigenvalue weighted by molar-refractivity contribution is 5.86. The lowest BCUT2D eigenvalue weighted by atomic mass is 10.2. The third kappa shape index (κ3) is 6.79. The first-order valence-electron chi connectivity index (χ1n) is 10.6. The number of rotatable bonds is 8. The van der Waals surface area contributed by atoms with E-state index in [0.717, 1.165) is 16.9 Å². The Balaban J connectivity index is 1.71. The topological polar surface area (TPSA) is 72.0 Å². The van der Waals surface area contributed by atoms with E-state index in [-0.39, 0.29) is 30.9 Å². The van der Waals surface area contributed by atoms with E-state index < -0.39 is 0 Å². The van der Waals surface area contributed by atoms with Gasteiger partial charge >= 0.3 is 0 Å². The second-order valence-electron chi connectivity index (χ2n) is 8.29. The van der Waals surface area contributed by atoms with Crippen molar-refractivity contribution in [3.63, 3.8) is 0 Å². The van der Waals surface area contributed by atoms with Gasteiger partial charge in [0.2, 0.25) is 11.8 Å². The molecule has 1 atom stereocenters. The number of carbonyl (C=O) groups excluding carboxylic acids is 2. The van der Waals surface area contributed by atoms with E-state index in [9.17, 15) is 9.59 Å². The highest BCUT2D eigenvalue weighted by Gasteiger charge is 2.31. The monoisotopic (exact) mass is 425 g/mol. The molecule has 0 bridgehead atoms. The van der Waals surface area contributed by atoms with Gasteiger partial charge in [-0.15, -0.1) is 0 Å². The summed E-state index contributed by atoms with van der Waals surface area (Å²) in [6.45, 7) is 6.11. The molecule has 7 heteroatoms. The van der Waals surface area contributed by atoms with Gasteiger partial charge in [-0.25, -0.2) is 0 Å². The van der Waals surface area contributed by atoms with Crippen LogP contribution in [-0.2, 0) is 27.4 Å². The van der Waals surface area contributed by atoms with E-state index >= 15 is 0 Å². The second kappa shape index (κ2) is 10.9. The third-order valence-electron chi connectivity index (χ3n) is 5.16. The number of nitrogens with zero attached hydrogens (tertiary/aromatic N) is 3. The van der Waals surface area contributed by atoms with Crippen LogP contribution >= 0.6 is 0 Å². The van der Waals surface area contributed by atoms with Gasteiger partial charge in [0.15, 0.2) is 0 Å². The molecule has 166 valence electrons. The Morgan fingerprint density at radius 3 is 2.71 bits per heavy atom. The predicted octanol–water partition coefficient (Wildman–Crippen LogP) is 2.54. The largest absolute Gasteiger partial charge is 0.497 e. The molecule has 2 amide bonds. The van der Waals surface area contributed by atoms with Gasteiger partial charge in [0.1, 0.15) is 5.75 Å². The Bertz CT molecular complexity index is 872. The molecule has 1 aromatic carbocycles. The summed E-state index contributed by atoms with van der Waals surface area (Å²) in [4.78, 5) is 33.3. The van der Waals surface area contributed by atoms with Crippen molar-refractivity contribution in [2.45, 2.75) is 33.0 Å². The van der Waals surface area contributed by atoms with Crippen LogP contribution in [0.5, 0.6) is 5.75 Å². The van der Waals surface area contributed by atoms with Crippen LogP contribution in [-0.4, -0.2) is 66.0 Å². The lowest BCUT2D eigenvalue weighted by molar-refractivity contribution is -0.138. The maximum atomic E-state index is 13.0. The Kier molecular flexibility index (Phi) is 8.00. The number of carbonyl (C=O) groups is 2. The third-order valence-corrected chi connectivity index (χ3v) is 5.16. The highest BCUT2D eigenvalue weighted by Crippen LogP contribution is 2.17. The molecule has 2 heterocycles. The number of hydrogen-bond acceptors (Lipinski definition) is 5. The Labute approximate surface area is 184 Å². The first kappa shape index (κ1) is 22.7. The molecule has 1 saturated heterocycles. The smallest absolute Gasteiger partial charge is 0.242 e. The van der Waals surface area contributed by atoms with Crippen molar-refractivity contribution in [2.75, 3.05) is 33.3 Å². The van der Waals surface area contributed by atoms with Gasteiger partial charge in [0, 0.05) is 32.0 Å². The minimum absolute atomic E-state index is 0.0410. The van der Waals surface area contributed by atoms with Crippen LogP contribution in [0.3, 0.4) is 0 Å². The molecule has 1 aromatic heterocycles. The SMILES string of the molecule is COc1cccc(CO[C@@H]2CN(C(=O)Cc3cccnc3)CC(=O)N(CC(C)C)C2)c1. The highest BCUT2D eigenvalue weighted by atomic mass is 16.5. The van der Waals surface area contributed by atoms with Crippen molar-refractivity contribution in [3.8, 4) is 5.75 Å². The number of benzene rings is 1. The van der Waals surface area contributed by atoms with Crippen molar-refractivity contribution in [1.82, 2.24) is 14.8 Å². The molecule has 31 heavy (non-hydrogen) atoms. The molecular formula is C24H31N3O4. The number of pyridine rings is 1. The quantitative estimate of drug-likeness (QED) is 0.650. The summed E-state index contributed by atoms with van der Waals surface area (Å²) in [5, 5.41) is 0. The lowest BCUT2D eigenvalue weighted by Crippen LogP contribution is -2.41. The fraction of sp³-hybridized carbons (Fsp3) is 0.458. The summed E-state index contributed by atoms with van der Waals surface area (Å²) in [6.07, 6.45) is 3.30. The summed E-state index contributed by atoms with van der Waals surface area (Å²) in [7, 11) is 1.63. The van der Waals surface area contributed by atoms with Crippen LogP contribution in [0.1, 0.15) is 25.0 Å². The van der Waals surface area contributed by atoms with Crippen LogP contribution in [0.2, 0.25) is 0 Å². The van der Waals surface area contributed by atoms with E-state index in [0.29, 0.717) is 32.2 Å². The first-order valence-corrected chi connectivity index (χ1v) is 10.6. The number of ether oxygens (including phenoxy) is 2. The zero-order valence-corrected chi connectivity index (χ0v) is 18.5. The molecule has 0 spiro atoms. The molecule has 7 nitrogen and oxygen atoms in total. The number of aromatic nitrogens is 1. The Morgan fingerprint density at radius 2 is 2.00 bits per heavy atom. The lowest BCUT2D eigenvalue weighted by Gasteiger charge is -2.26. The van der Waals surface area contributed by atoms with Gasteiger partial charge in [0.25, 0.3) is 0 Å². The molecule has 1 aliphatic rings. The standard InChI is InChI=1S/C24H31N3O4/c1-18(2)13-26-14-22(31-17-20-6-4-8-21(10-20)30-3)15-27(16-24(26)29)23(28)11-19-7-5-9-25-12-19/h4-10,12,18,22H,11,13-17H2,1-3H3/t22-/m0/s1. The molecular weight excluding hydrogens is 394 g/mol. The zero-order chi connectivity index (χ0) is 22.2. The molecule has 0 N–H and O–H groups in total. The maximum absolute atomic E-state index is 13.0. The van der Waals surface area contributed by atoms with E-state index in [1.807, 2.05) is 35.2 Å². The molecule has 0 radical (unpaired) electrons. The van der Waals surface area contributed by atoms with Crippen molar-refractivity contribution < 1.29 is 19.1 Å². The summed E-state index contributed by atoms with van der Waals surface area (Å²) in [5.74, 6) is 0.968. The first-order chi connectivity index (χ1) is 14.9. The Hall–Kier alpha value is -2.93. The molecule has 1 fully saturated rings. The molecule has 2 aromatic rings. The number of hydrogen-bond donors (Lipinski definition) is 0. The maximum Gasteiger partial charge on any atom is 0.242 e. The van der Waals surface area contributed by atoms with Gasteiger partial charge in [-0.2, -0.15) is 0 Å². The average molecular weight is 426 g/mol. The normalized spacial score (nSPS) is 17.0. The molecule has 0 aliphatic carbocycles. The fourth-order valence-electron chi connectivity index (χ4n) is 3.66. The molecule has 0 unspecified atom stereocenters. The van der Waals surface area contributed by atoms with Crippen molar-refractivity contribution >= 4 is 11.8 Å². The van der Waals surface area contributed by atoms with E-state index in [1.54, 1.807) is 30.5 Å². The predicted molar refractivity (Wildman–Crippen MR) is 118 cm³/mol. The molecule has 1 aliphatic heterocycles. The minimum atomic E-state index is -0.269. The van der Waals surface area contributed by atoms with E-state index in [2.05, 4.69) is 18.8 Å². The van der Waals surface area contributed by atoms with E-state index in [1.165, 1.54) is 0 Å². The average Bonchev–Trinajstić information content (AvgIpc) is 2.91. The van der Waals surface area contributed by atoms with Gasteiger partial charge < -0.3 is 19.3 Å². The second-order valence-corrected chi connectivity index (χ2v) is 8.29. The van der Waals surface area contributed by atoms with Gasteiger partial charge in [0.05, 0.1) is 32.8 Å². The molecule has 0 saturated carbocycles. The van der Waals surface area contributed by atoms with Crippen molar-refractivity contribution in [2.24, 2.45) is 5.92 Å². The minimum Gasteiger partial charge on any atom is -0.497 e. The fourth-order valence-corrected chi connectivity index (χ4v) is 3.66. The van der Waals surface area contributed by atoms with Crippen LogP contribution < -0.4 is 4.74 Å². The van der Waals surface area contributed by atoms with Crippen molar-refractivity contribution in [3.05, 3.63) is 59.9 Å². The Morgan fingerprint density at radius 1 is 1.19 bits per heavy atom. The number of amides is 2. The van der Waals surface area contributed by atoms with Crippen LogP contribution in [0.4, 0.5) is 0 Å².